The van der Waals surface area contributed by atoms with Crippen molar-refractivity contribution < 1.29 is 17.9 Å². The summed E-state index contributed by atoms with van der Waals surface area (Å²) in [6.45, 7) is 1.83. The fraction of sp³-hybridized carbons (Fsp3) is 0.400. The summed E-state index contributed by atoms with van der Waals surface area (Å²) in [5.74, 6) is 0.345. The van der Waals surface area contributed by atoms with Gasteiger partial charge in [-0.05, 0) is 30.7 Å². The van der Waals surface area contributed by atoms with E-state index >= 15 is 0 Å². The highest BCUT2D eigenvalue weighted by atomic mass is 19.4. The number of rotatable bonds is 3. The average molecular weight is 219 g/mol. The van der Waals surface area contributed by atoms with E-state index in [4.69, 9.17) is 10.5 Å². The van der Waals surface area contributed by atoms with Crippen LogP contribution in [0, 0.1) is 0 Å². The highest BCUT2D eigenvalue weighted by Crippen LogP contribution is 2.30. The summed E-state index contributed by atoms with van der Waals surface area (Å²) >= 11 is 0. The predicted molar refractivity (Wildman–Crippen MR) is 50.3 cm³/mol. The van der Waals surface area contributed by atoms with Crippen molar-refractivity contribution in [1.29, 1.82) is 0 Å². The van der Waals surface area contributed by atoms with E-state index in [1.54, 1.807) is 0 Å². The number of nitrogens with two attached hydrogens (primary N) is 1. The smallest absolute Gasteiger partial charge is 0.416 e. The summed E-state index contributed by atoms with van der Waals surface area (Å²) < 4.78 is 41.7. The Bertz CT molecular complexity index is 307. The molecule has 0 heterocycles. The van der Waals surface area contributed by atoms with Gasteiger partial charge < -0.3 is 4.74 Å². The minimum atomic E-state index is -4.31. The molecule has 0 radical (unpaired) electrons. The molecule has 1 atom stereocenters. The Balaban J connectivity index is 2.73. The van der Waals surface area contributed by atoms with Gasteiger partial charge in [-0.2, -0.15) is 13.2 Å². The van der Waals surface area contributed by atoms with Crippen LogP contribution in [0.15, 0.2) is 24.3 Å². The van der Waals surface area contributed by atoms with Gasteiger partial charge >= 0.3 is 6.18 Å². The topological polar surface area (TPSA) is 35.2 Å². The molecule has 1 aromatic rings. The zero-order valence-corrected chi connectivity index (χ0v) is 8.21. The van der Waals surface area contributed by atoms with Crippen LogP contribution in [0.2, 0.25) is 0 Å². The van der Waals surface area contributed by atoms with E-state index in [9.17, 15) is 13.2 Å². The lowest BCUT2D eigenvalue weighted by atomic mass is 10.2. The van der Waals surface area contributed by atoms with Gasteiger partial charge in [-0.25, -0.2) is 0 Å². The molecular weight excluding hydrogens is 207 g/mol. The summed E-state index contributed by atoms with van der Waals surface area (Å²) in [5.41, 5.74) is 4.79. The maximum atomic E-state index is 12.2. The van der Waals surface area contributed by atoms with Gasteiger partial charge in [0.25, 0.3) is 0 Å². The molecule has 0 saturated heterocycles. The van der Waals surface area contributed by atoms with Crippen molar-refractivity contribution in [1.82, 2.24) is 0 Å². The molecule has 15 heavy (non-hydrogen) atoms. The minimum absolute atomic E-state index is 0.345. The number of alkyl halides is 3. The van der Waals surface area contributed by atoms with Crippen LogP contribution < -0.4 is 10.5 Å². The third-order valence-electron chi connectivity index (χ3n) is 1.87. The van der Waals surface area contributed by atoms with Crippen molar-refractivity contribution in [2.45, 2.75) is 25.7 Å². The lowest BCUT2D eigenvalue weighted by Gasteiger charge is -2.13. The summed E-state index contributed by atoms with van der Waals surface area (Å²) in [6, 6.07) is 4.46. The lowest BCUT2D eigenvalue weighted by molar-refractivity contribution is -0.137. The summed E-state index contributed by atoms with van der Waals surface area (Å²) in [5, 5.41) is 0. The van der Waals surface area contributed by atoms with E-state index in [2.05, 4.69) is 0 Å². The predicted octanol–water partition coefficient (Wildman–Crippen LogP) is 2.78. The van der Waals surface area contributed by atoms with E-state index in [1.165, 1.54) is 12.1 Å². The van der Waals surface area contributed by atoms with Crippen molar-refractivity contribution in [3.8, 4) is 5.75 Å². The minimum Gasteiger partial charge on any atom is -0.476 e. The number of hydrogen-bond donors (Lipinski definition) is 1. The van der Waals surface area contributed by atoms with Gasteiger partial charge in [0.2, 0.25) is 0 Å². The van der Waals surface area contributed by atoms with Gasteiger partial charge in [-0.3, -0.25) is 5.73 Å². The largest absolute Gasteiger partial charge is 0.476 e. The monoisotopic (exact) mass is 219 g/mol. The van der Waals surface area contributed by atoms with E-state index in [1.807, 2.05) is 6.92 Å². The van der Waals surface area contributed by atoms with E-state index in [0.717, 1.165) is 12.1 Å². The van der Waals surface area contributed by atoms with Gasteiger partial charge in [0.15, 0.2) is 0 Å². The summed E-state index contributed by atoms with van der Waals surface area (Å²) in [7, 11) is 0. The zero-order chi connectivity index (χ0) is 11.5. The first-order chi connectivity index (χ1) is 6.93. The quantitative estimate of drug-likeness (QED) is 0.793. The van der Waals surface area contributed by atoms with Crippen molar-refractivity contribution in [2.75, 3.05) is 0 Å². The Morgan fingerprint density at radius 2 is 1.80 bits per heavy atom. The van der Waals surface area contributed by atoms with Crippen LogP contribution in [0.1, 0.15) is 18.9 Å². The van der Waals surface area contributed by atoms with Crippen LogP contribution >= 0.6 is 0 Å². The van der Waals surface area contributed by atoms with Gasteiger partial charge in [0, 0.05) is 0 Å². The van der Waals surface area contributed by atoms with Crippen molar-refractivity contribution in [3.63, 3.8) is 0 Å². The average Bonchev–Trinajstić information content (AvgIpc) is 2.17. The second-order valence-corrected chi connectivity index (χ2v) is 3.09. The van der Waals surface area contributed by atoms with E-state index in [0.29, 0.717) is 12.2 Å². The molecule has 0 amide bonds. The van der Waals surface area contributed by atoms with Crippen LogP contribution in [-0.2, 0) is 6.18 Å². The van der Waals surface area contributed by atoms with Gasteiger partial charge in [-0.15, -0.1) is 0 Å². The Morgan fingerprint density at radius 1 is 1.27 bits per heavy atom. The van der Waals surface area contributed by atoms with Crippen molar-refractivity contribution in [2.24, 2.45) is 5.73 Å². The first kappa shape index (κ1) is 11.8. The van der Waals surface area contributed by atoms with E-state index in [-0.39, 0.29) is 0 Å². The van der Waals surface area contributed by atoms with Crippen molar-refractivity contribution >= 4 is 0 Å². The van der Waals surface area contributed by atoms with Gasteiger partial charge in [-0.1, -0.05) is 6.92 Å². The molecule has 1 unspecified atom stereocenters. The van der Waals surface area contributed by atoms with Crippen LogP contribution in [0.4, 0.5) is 13.2 Å². The molecule has 0 fully saturated rings. The number of benzene rings is 1. The molecule has 0 spiro atoms. The summed E-state index contributed by atoms with van der Waals surface area (Å²) in [6.07, 6.45) is -4.20. The molecular formula is C10H12F3NO. The van der Waals surface area contributed by atoms with Gasteiger partial charge in [0.05, 0.1) is 5.56 Å². The molecule has 0 aliphatic rings. The Hall–Kier alpha value is -1.23. The van der Waals surface area contributed by atoms with Crippen LogP contribution in [-0.4, -0.2) is 6.23 Å². The first-order valence-corrected chi connectivity index (χ1v) is 4.53. The summed E-state index contributed by atoms with van der Waals surface area (Å²) in [4.78, 5) is 0. The van der Waals surface area contributed by atoms with Crippen LogP contribution in [0.3, 0.4) is 0 Å². The molecule has 1 rings (SSSR count). The highest BCUT2D eigenvalue weighted by Gasteiger charge is 2.30. The lowest BCUT2D eigenvalue weighted by Crippen LogP contribution is -2.25. The molecule has 1 aromatic carbocycles. The van der Waals surface area contributed by atoms with E-state index < -0.39 is 18.0 Å². The Labute approximate surface area is 85.8 Å². The normalized spacial score (nSPS) is 13.7. The number of halogens is 3. The molecule has 2 N–H and O–H groups in total. The molecule has 0 aliphatic carbocycles. The number of hydrogen-bond acceptors (Lipinski definition) is 2. The molecule has 0 aromatic heterocycles. The molecule has 5 heteroatoms. The maximum Gasteiger partial charge on any atom is 0.416 e. The Kier molecular flexibility index (Phi) is 3.57. The molecule has 2 nitrogen and oxygen atoms in total. The van der Waals surface area contributed by atoms with Crippen LogP contribution in [0.25, 0.3) is 0 Å². The Morgan fingerprint density at radius 3 is 2.20 bits per heavy atom. The zero-order valence-electron chi connectivity index (χ0n) is 8.21. The second kappa shape index (κ2) is 4.53. The standard InChI is InChI=1S/C10H12F3NO/c1-2-9(14)15-8-5-3-7(4-6-8)10(11,12)13/h3-6,9H,2,14H2,1H3. The molecule has 0 bridgehead atoms. The molecule has 0 aliphatic heterocycles. The fourth-order valence-corrected chi connectivity index (χ4v) is 0.981. The maximum absolute atomic E-state index is 12.2. The molecule has 84 valence electrons. The highest BCUT2D eigenvalue weighted by molar-refractivity contribution is 5.28. The SMILES string of the molecule is CCC(N)Oc1ccc(C(F)(F)F)cc1. The van der Waals surface area contributed by atoms with Gasteiger partial charge in [0.1, 0.15) is 12.0 Å². The number of ether oxygens (including phenoxy) is 1. The second-order valence-electron chi connectivity index (χ2n) is 3.09. The third kappa shape index (κ3) is 3.43. The first-order valence-electron chi connectivity index (χ1n) is 4.53. The van der Waals surface area contributed by atoms with Crippen molar-refractivity contribution in [3.05, 3.63) is 29.8 Å². The van der Waals surface area contributed by atoms with Crippen LogP contribution in [0.5, 0.6) is 5.75 Å². The fourth-order valence-electron chi connectivity index (χ4n) is 0.981. The third-order valence-corrected chi connectivity index (χ3v) is 1.87. The molecule has 0 saturated carbocycles.